The highest BCUT2D eigenvalue weighted by atomic mass is 32.2. The van der Waals surface area contributed by atoms with E-state index in [1.54, 1.807) is 18.9 Å². The highest BCUT2D eigenvalue weighted by Crippen LogP contribution is 2.24. The number of carbonyl (C=O) groups excluding carboxylic acids is 1. The molecule has 0 saturated carbocycles. The van der Waals surface area contributed by atoms with Crippen molar-refractivity contribution in [3.63, 3.8) is 0 Å². The molecule has 0 aliphatic rings. The van der Waals surface area contributed by atoms with Crippen LogP contribution in [0.1, 0.15) is 6.42 Å². The Kier molecular flexibility index (Phi) is 8.89. The summed E-state index contributed by atoms with van der Waals surface area (Å²) >= 11 is 1.62. The Bertz CT molecular complexity index is 429. The molecular formula is C15H25N3O2S. The summed E-state index contributed by atoms with van der Waals surface area (Å²) in [4.78, 5) is 15.1. The van der Waals surface area contributed by atoms with E-state index in [-0.39, 0.29) is 6.03 Å². The minimum Gasteiger partial charge on any atom is -0.383 e. The predicted octanol–water partition coefficient (Wildman–Crippen LogP) is 2.50. The molecule has 0 unspecified atom stereocenters. The van der Waals surface area contributed by atoms with E-state index >= 15 is 0 Å². The lowest BCUT2D eigenvalue weighted by atomic mass is 10.3. The van der Waals surface area contributed by atoms with Gasteiger partial charge in [0.2, 0.25) is 0 Å². The standard InChI is InChI=1S/C15H25N3O2S/c1-18(11-12-20-2)10-6-9-16-15(19)17-13-7-4-5-8-14(13)21-3/h4-5,7-8H,6,9-12H2,1-3H3,(H2,16,17,19). The molecule has 0 aliphatic carbocycles. The first kappa shape index (κ1) is 17.8. The maximum Gasteiger partial charge on any atom is 0.319 e. The maximum atomic E-state index is 11.8. The average molecular weight is 311 g/mol. The number of hydrogen-bond donors (Lipinski definition) is 2. The zero-order chi connectivity index (χ0) is 15.5. The van der Waals surface area contributed by atoms with Crippen LogP contribution in [-0.4, -0.2) is 57.6 Å². The van der Waals surface area contributed by atoms with Gasteiger partial charge in [-0.25, -0.2) is 4.79 Å². The number of anilines is 1. The van der Waals surface area contributed by atoms with Crippen LogP contribution >= 0.6 is 11.8 Å². The molecule has 0 fully saturated rings. The van der Waals surface area contributed by atoms with Crippen molar-refractivity contribution in [3.8, 4) is 0 Å². The van der Waals surface area contributed by atoms with E-state index in [4.69, 9.17) is 4.74 Å². The van der Waals surface area contributed by atoms with Gasteiger partial charge in [0.15, 0.2) is 0 Å². The summed E-state index contributed by atoms with van der Waals surface area (Å²) in [5.41, 5.74) is 0.847. The summed E-state index contributed by atoms with van der Waals surface area (Å²) < 4.78 is 5.02. The normalized spacial score (nSPS) is 10.7. The second-order valence-electron chi connectivity index (χ2n) is 4.73. The van der Waals surface area contributed by atoms with Crippen molar-refractivity contribution in [3.05, 3.63) is 24.3 Å². The molecule has 0 radical (unpaired) electrons. The van der Waals surface area contributed by atoms with E-state index in [1.807, 2.05) is 37.6 Å². The van der Waals surface area contributed by atoms with Crippen LogP contribution in [0.25, 0.3) is 0 Å². The molecule has 1 aromatic rings. The predicted molar refractivity (Wildman–Crippen MR) is 89.2 cm³/mol. The van der Waals surface area contributed by atoms with Crippen molar-refractivity contribution in [2.75, 3.05) is 52.0 Å². The number of methoxy groups -OCH3 is 1. The molecular weight excluding hydrogens is 286 g/mol. The van der Waals surface area contributed by atoms with Gasteiger partial charge in [0, 0.05) is 25.1 Å². The Balaban J connectivity index is 2.22. The molecule has 0 aliphatic heterocycles. The van der Waals surface area contributed by atoms with Crippen molar-refractivity contribution in [1.29, 1.82) is 0 Å². The van der Waals surface area contributed by atoms with Crippen LogP contribution in [0.5, 0.6) is 0 Å². The SMILES string of the molecule is COCCN(C)CCCNC(=O)Nc1ccccc1SC. The third-order valence-corrected chi connectivity index (χ3v) is 3.83. The third-order valence-electron chi connectivity index (χ3n) is 3.03. The lowest BCUT2D eigenvalue weighted by Gasteiger charge is -2.16. The topological polar surface area (TPSA) is 53.6 Å². The van der Waals surface area contributed by atoms with E-state index in [0.29, 0.717) is 6.54 Å². The summed E-state index contributed by atoms with van der Waals surface area (Å²) in [5.74, 6) is 0. The lowest BCUT2D eigenvalue weighted by Crippen LogP contribution is -2.32. The van der Waals surface area contributed by atoms with Gasteiger partial charge in [0.25, 0.3) is 0 Å². The Labute approximate surface area is 131 Å². The highest BCUT2D eigenvalue weighted by molar-refractivity contribution is 7.98. The second kappa shape index (κ2) is 10.5. The Morgan fingerprint density at radius 1 is 1.33 bits per heavy atom. The van der Waals surface area contributed by atoms with Crippen LogP contribution in [0.2, 0.25) is 0 Å². The number of carbonyl (C=O) groups is 1. The third kappa shape index (κ3) is 7.36. The fraction of sp³-hybridized carbons (Fsp3) is 0.533. The minimum atomic E-state index is -0.156. The van der Waals surface area contributed by atoms with Crippen LogP contribution in [0, 0.1) is 0 Å². The van der Waals surface area contributed by atoms with Crippen molar-refractivity contribution in [2.24, 2.45) is 0 Å². The van der Waals surface area contributed by atoms with E-state index in [9.17, 15) is 4.79 Å². The second-order valence-corrected chi connectivity index (χ2v) is 5.58. The number of thioether (sulfide) groups is 1. The van der Waals surface area contributed by atoms with Gasteiger partial charge < -0.3 is 20.3 Å². The molecule has 118 valence electrons. The molecule has 0 heterocycles. The number of nitrogens with one attached hydrogen (secondary N) is 2. The number of ether oxygens (including phenoxy) is 1. The number of para-hydroxylation sites is 1. The largest absolute Gasteiger partial charge is 0.383 e. The molecule has 0 bridgehead atoms. The number of urea groups is 1. The number of benzene rings is 1. The number of amides is 2. The fourth-order valence-electron chi connectivity index (χ4n) is 1.82. The number of likely N-dealkylation sites (N-methyl/N-ethyl adjacent to an activating group) is 1. The molecule has 0 aromatic heterocycles. The van der Waals surface area contributed by atoms with Crippen LogP contribution in [0.4, 0.5) is 10.5 Å². The van der Waals surface area contributed by atoms with Gasteiger partial charge >= 0.3 is 6.03 Å². The van der Waals surface area contributed by atoms with E-state index in [2.05, 4.69) is 15.5 Å². The molecule has 1 aromatic carbocycles. The Morgan fingerprint density at radius 3 is 2.81 bits per heavy atom. The number of rotatable bonds is 9. The van der Waals surface area contributed by atoms with E-state index in [0.717, 1.165) is 36.7 Å². The monoisotopic (exact) mass is 311 g/mol. The Morgan fingerprint density at radius 2 is 2.10 bits per heavy atom. The van der Waals surface area contributed by atoms with Crippen molar-refractivity contribution < 1.29 is 9.53 Å². The van der Waals surface area contributed by atoms with Crippen molar-refractivity contribution in [1.82, 2.24) is 10.2 Å². The van der Waals surface area contributed by atoms with Crippen LogP contribution in [-0.2, 0) is 4.74 Å². The summed E-state index contributed by atoms with van der Waals surface area (Å²) in [6, 6.07) is 7.62. The lowest BCUT2D eigenvalue weighted by molar-refractivity contribution is 0.160. The molecule has 0 saturated heterocycles. The molecule has 2 N–H and O–H groups in total. The first-order valence-corrected chi connectivity index (χ1v) is 8.25. The summed E-state index contributed by atoms with van der Waals surface area (Å²) in [6.07, 6.45) is 2.91. The van der Waals surface area contributed by atoms with Crippen LogP contribution in [0.3, 0.4) is 0 Å². The summed E-state index contributed by atoms with van der Waals surface area (Å²) in [7, 11) is 3.75. The molecule has 0 spiro atoms. The van der Waals surface area contributed by atoms with Crippen molar-refractivity contribution in [2.45, 2.75) is 11.3 Å². The van der Waals surface area contributed by atoms with Gasteiger partial charge in [-0.15, -0.1) is 11.8 Å². The minimum absolute atomic E-state index is 0.156. The molecule has 2 amide bonds. The number of hydrogen-bond acceptors (Lipinski definition) is 4. The van der Waals surface area contributed by atoms with Gasteiger partial charge in [-0.2, -0.15) is 0 Å². The number of nitrogens with zero attached hydrogens (tertiary/aromatic N) is 1. The van der Waals surface area contributed by atoms with Gasteiger partial charge in [0.1, 0.15) is 0 Å². The van der Waals surface area contributed by atoms with Gasteiger partial charge in [-0.1, -0.05) is 12.1 Å². The summed E-state index contributed by atoms with van der Waals surface area (Å²) in [6.45, 7) is 3.23. The smallest absolute Gasteiger partial charge is 0.319 e. The zero-order valence-electron chi connectivity index (χ0n) is 13.0. The van der Waals surface area contributed by atoms with E-state index < -0.39 is 0 Å². The van der Waals surface area contributed by atoms with Crippen LogP contribution < -0.4 is 10.6 Å². The first-order chi connectivity index (χ1) is 10.2. The summed E-state index contributed by atoms with van der Waals surface area (Å²) in [5, 5.41) is 5.76. The maximum absolute atomic E-state index is 11.8. The highest BCUT2D eigenvalue weighted by Gasteiger charge is 2.05. The average Bonchev–Trinajstić information content (AvgIpc) is 2.50. The van der Waals surface area contributed by atoms with E-state index in [1.165, 1.54) is 0 Å². The quantitative estimate of drug-likeness (QED) is 0.543. The van der Waals surface area contributed by atoms with Crippen LogP contribution in [0.15, 0.2) is 29.2 Å². The van der Waals surface area contributed by atoms with Gasteiger partial charge in [-0.05, 0) is 38.4 Å². The molecule has 21 heavy (non-hydrogen) atoms. The first-order valence-electron chi connectivity index (χ1n) is 7.02. The Hall–Kier alpha value is -1.24. The van der Waals surface area contributed by atoms with Gasteiger partial charge in [-0.3, -0.25) is 0 Å². The molecule has 5 nitrogen and oxygen atoms in total. The molecule has 6 heteroatoms. The zero-order valence-corrected chi connectivity index (χ0v) is 13.8. The van der Waals surface area contributed by atoms with Crippen molar-refractivity contribution >= 4 is 23.5 Å². The fourth-order valence-corrected chi connectivity index (χ4v) is 2.38. The molecule has 1 rings (SSSR count). The molecule has 0 atom stereocenters. The van der Waals surface area contributed by atoms with Gasteiger partial charge in [0.05, 0.1) is 12.3 Å².